The maximum absolute atomic E-state index is 11.7. The Hall–Kier alpha value is -0.870. The summed E-state index contributed by atoms with van der Waals surface area (Å²) in [6.07, 6.45) is 1.50. The first-order chi connectivity index (χ1) is 6.20. The van der Waals surface area contributed by atoms with Gasteiger partial charge in [0.2, 0.25) is 0 Å². The van der Waals surface area contributed by atoms with E-state index in [9.17, 15) is 4.79 Å². The SMILES string of the molecule is Cn1ncc(Cl)c1C(=O)C1CNC1. The number of aryl methyl sites for hydroxylation is 1. The second-order valence-electron chi connectivity index (χ2n) is 3.18. The summed E-state index contributed by atoms with van der Waals surface area (Å²) in [6, 6.07) is 0. The van der Waals surface area contributed by atoms with Crippen molar-refractivity contribution in [3.63, 3.8) is 0 Å². The number of carbonyl (C=O) groups excluding carboxylic acids is 1. The van der Waals surface area contributed by atoms with E-state index < -0.39 is 0 Å². The van der Waals surface area contributed by atoms with Crippen molar-refractivity contribution in [3.05, 3.63) is 16.9 Å². The molecule has 0 spiro atoms. The van der Waals surface area contributed by atoms with Crippen LogP contribution in [0.3, 0.4) is 0 Å². The number of halogens is 1. The van der Waals surface area contributed by atoms with Crippen LogP contribution in [0.2, 0.25) is 5.02 Å². The molecule has 0 amide bonds. The molecule has 13 heavy (non-hydrogen) atoms. The van der Waals surface area contributed by atoms with Crippen molar-refractivity contribution < 1.29 is 4.79 Å². The molecule has 2 rings (SSSR count). The minimum atomic E-state index is 0.0768. The molecule has 0 unspecified atom stereocenters. The summed E-state index contributed by atoms with van der Waals surface area (Å²) in [6.45, 7) is 1.50. The molecule has 0 saturated carbocycles. The van der Waals surface area contributed by atoms with Crippen molar-refractivity contribution in [2.24, 2.45) is 13.0 Å². The summed E-state index contributed by atoms with van der Waals surface area (Å²) in [5.41, 5.74) is 0.521. The highest BCUT2D eigenvalue weighted by atomic mass is 35.5. The van der Waals surface area contributed by atoms with E-state index in [1.165, 1.54) is 10.9 Å². The molecule has 0 radical (unpaired) electrons. The number of Topliss-reactive ketones (excluding diaryl/α,β-unsaturated/α-hetero) is 1. The summed E-state index contributed by atoms with van der Waals surface area (Å²) in [4.78, 5) is 11.7. The van der Waals surface area contributed by atoms with E-state index in [0.717, 1.165) is 13.1 Å². The van der Waals surface area contributed by atoms with E-state index >= 15 is 0 Å². The zero-order valence-electron chi connectivity index (χ0n) is 7.25. The van der Waals surface area contributed by atoms with Crippen LogP contribution in [0.15, 0.2) is 6.20 Å². The molecule has 5 heteroatoms. The van der Waals surface area contributed by atoms with Gasteiger partial charge in [-0.15, -0.1) is 0 Å². The van der Waals surface area contributed by atoms with Crippen molar-refractivity contribution >= 4 is 17.4 Å². The number of nitrogens with zero attached hydrogens (tertiary/aromatic N) is 2. The van der Waals surface area contributed by atoms with Gasteiger partial charge in [0.15, 0.2) is 5.78 Å². The molecule has 1 aromatic rings. The van der Waals surface area contributed by atoms with Crippen LogP contribution in [0, 0.1) is 5.92 Å². The van der Waals surface area contributed by atoms with Gasteiger partial charge in [0.1, 0.15) is 5.69 Å². The van der Waals surface area contributed by atoms with Gasteiger partial charge < -0.3 is 5.32 Å². The number of rotatable bonds is 2. The summed E-state index contributed by atoms with van der Waals surface area (Å²) in [5.74, 6) is 0.164. The lowest BCUT2D eigenvalue weighted by Gasteiger charge is -2.25. The zero-order valence-corrected chi connectivity index (χ0v) is 8.01. The standard InChI is InChI=1S/C8H10ClN3O/c1-12-7(6(9)4-11-12)8(13)5-2-10-3-5/h4-5,10H,2-3H2,1H3. The van der Waals surface area contributed by atoms with E-state index in [2.05, 4.69) is 10.4 Å². The Labute approximate surface area is 80.9 Å². The first-order valence-corrected chi connectivity index (χ1v) is 4.50. The second kappa shape index (κ2) is 3.12. The topological polar surface area (TPSA) is 46.9 Å². The Morgan fingerprint density at radius 1 is 1.77 bits per heavy atom. The van der Waals surface area contributed by atoms with Gasteiger partial charge in [-0.1, -0.05) is 11.6 Å². The molecule has 4 nitrogen and oxygen atoms in total. The number of carbonyl (C=O) groups is 1. The average molecular weight is 200 g/mol. The molecule has 0 bridgehead atoms. The van der Waals surface area contributed by atoms with Crippen LogP contribution in [0.25, 0.3) is 0 Å². The van der Waals surface area contributed by atoms with Crippen LogP contribution in [0.4, 0.5) is 0 Å². The summed E-state index contributed by atoms with van der Waals surface area (Å²) in [5, 5.41) is 7.41. The molecule has 0 aromatic carbocycles. The van der Waals surface area contributed by atoms with Gasteiger partial charge in [-0.3, -0.25) is 9.48 Å². The Bertz CT molecular complexity index is 324. The molecule has 0 atom stereocenters. The molecule has 1 fully saturated rings. The number of nitrogens with one attached hydrogen (secondary N) is 1. The Morgan fingerprint density at radius 2 is 2.46 bits per heavy atom. The zero-order chi connectivity index (χ0) is 9.42. The van der Waals surface area contributed by atoms with E-state index in [-0.39, 0.29) is 11.7 Å². The predicted molar refractivity (Wildman–Crippen MR) is 48.9 cm³/mol. The van der Waals surface area contributed by atoms with E-state index in [1.54, 1.807) is 7.05 Å². The molecule has 1 aromatic heterocycles. The van der Waals surface area contributed by atoms with Crippen LogP contribution in [0.5, 0.6) is 0 Å². The lowest BCUT2D eigenvalue weighted by Crippen LogP contribution is -2.47. The third kappa shape index (κ3) is 1.36. The molecule has 1 aliphatic heterocycles. The monoisotopic (exact) mass is 199 g/mol. The Morgan fingerprint density at radius 3 is 2.85 bits per heavy atom. The van der Waals surface area contributed by atoms with Crippen molar-refractivity contribution in [2.75, 3.05) is 13.1 Å². The fraction of sp³-hybridized carbons (Fsp3) is 0.500. The fourth-order valence-corrected chi connectivity index (χ4v) is 1.61. The van der Waals surface area contributed by atoms with Gasteiger partial charge >= 0.3 is 0 Å². The highest BCUT2D eigenvalue weighted by Crippen LogP contribution is 2.19. The van der Waals surface area contributed by atoms with Gasteiger partial charge in [-0.05, 0) is 0 Å². The molecule has 1 saturated heterocycles. The number of aromatic nitrogens is 2. The third-order valence-electron chi connectivity index (χ3n) is 2.28. The summed E-state index contributed by atoms with van der Waals surface area (Å²) in [7, 11) is 1.73. The highest BCUT2D eigenvalue weighted by molar-refractivity contribution is 6.33. The van der Waals surface area contributed by atoms with Crippen LogP contribution >= 0.6 is 11.6 Å². The average Bonchev–Trinajstić information content (AvgIpc) is 2.27. The first kappa shape index (κ1) is 8.72. The van der Waals surface area contributed by atoms with E-state index in [0.29, 0.717) is 10.7 Å². The van der Waals surface area contributed by atoms with Gasteiger partial charge in [0.05, 0.1) is 11.2 Å². The van der Waals surface area contributed by atoms with Crippen LogP contribution in [0.1, 0.15) is 10.5 Å². The van der Waals surface area contributed by atoms with Gasteiger partial charge in [-0.2, -0.15) is 5.10 Å². The van der Waals surface area contributed by atoms with Crippen LogP contribution < -0.4 is 5.32 Å². The van der Waals surface area contributed by atoms with Crippen LogP contribution in [-0.2, 0) is 7.05 Å². The maximum Gasteiger partial charge on any atom is 0.187 e. The quantitative estimate of drug-likeness (QED) is 0.705. The number of ketones is 1. The molecule has 2 heterocycles. The van der Waals surface area contributed by atoms with Gasteiger partial charge in [-0.25, -0.2) is 0 Å². The first-order valence-electron chi connectivity index (χ1n) is 4.12. The largest absolute Gasteiger partial charge is 0.315 e. The van der Waals surface area contributed by atoms with E-state index in [1.807, 2.05) is 0 Å². The highest BCUT2D eigenvalue weighted by Gasteiger charge is 2.29. The van der Waals surface area contributed by atoms with Crippen molar-refractivity contribution in [2.45, 2.75) is 0 Å². The van der Waals surface area contributed by atoms with E-state index in [4.69, 9.17) is 11.6 Å². The Kier molecular flexibility index (Phi) is 2.09. The molecule has 0 aliphatic carbocycles. The van der Waals surface area contributed by atoms with Gasteiger partial charge in [0, 0.05) is 26.1 Å². The van der Waals surface area contributed by atoms with Crippen molar-refractivity contribution in [3.8, 4) is 0 Å². The summed E-state index contributed by atoms with van der Waals surface area (Å²) < 4.78 is 1.53. The van der Waals surface area contributed by atoms with Crippen LogP contribution in [-0.4, -0.2) is 28.7 Å². The number of hydrogen-bond donors (Lipinski definition) is 1. The number of hydrogen-bond acceptors (Lipinski definition) is 3. The third-order valence-corrected chi connectivity index (χ3v) is 2.56. The van der Waals surface area contributed by atoms with Crippen molar-refractivity contribution in [1.82, 2.24) is 15.1 Å². The molecular formula is C8H10ClN3O. The summed E-state index contributed by atoms with van der Waals surface area (Å²) >= 11 is 5.84. The molecule has 1 aliphatic rings. The van der Waals surface area contributed by atoms with Gasteiger partial charge in [0.25, 0.3) is 0 Å². The minimum Gasteiger partial charge on any atom is -0.315 e. The molecule has 70 valence electrons. The second-order valence-corrected chi connectivity index (χ2v) is 3.59. The minimum absolute atomic E-state index is 0.0768. The normalized spacial score (nSPS) is 17.1. The smallest absolute Gasteiger partial charge is 0.187 e. The lowest BCUT2D eigenvalue weighted by atomic mass is 9.96. The van der Waals surface area contributed by atoms with Crippen molar-refractivity contribution in [1.29, 1.82) is 0 Å². The maximum atomic E-state index is 11.7. The molecule has 1 N–H and O–H groups in total. The molecular weight excluding hydrogens is 190 g/mol. The predicted octanol–water partition coefficient (Wildman–Crippen LogP) is 0.476. The fourth-order valence-electron chi connectivity index (χ4n) is 1.36. The lowest BCUT2D eigenvalue weighted by molar-refractivity contribution is 0.0868. The Balaban J connectivity index is 2.28.